The summed E-state index contributed by atoms with van der Waals surface area (Å²) in [6.07, 6.45) is 0.467. The van der Waals surface area contributed by atoms with Crippen molar-refractivity contribution in [3.05, 3.63) is 29.6 Å². The number of hydrogen-bond donors (Lipinski definition) is 3. The highest BCUT2D eigenvalue weighted by atomic mass is 16.3. The topological polar surface area (TPSA) is 60.9 Å². The summed E-state index contributed by atoms with van der Waals surface area (Å²) in [6.45, 7) is 7.26. The molecule has 2 heterocycles. The summed E-state index contributed by atoms with van der Waals surface area (Å²) in [6, 6.07) is 6.54. The number of hydrogen-bond acceptors (Lipinski definition) is 3. The normalized spacial score (nSPS) is 24.2. The Morgan fingerprint density at radius 1 is 1.32 bits per heavy atom. The molecule has 2 atom stereocenters. The summed E-state index contributed by atoms with van der Waals surface area (Å²) in [5, 5.41) is 12.9. The SMILES string of the molecule is CC(C)(C)c1ccc2[nH]c([C@@H]3C[C@@H](O)CN3)nc2c1. The van der Waals surface area contributed by atoms with Crippen LogP contribution < -0.4 is 5.32 Å². The molecule has 0 radical (unpaired) electrons. The van der Waals surface area contributed by atoms with E-state index in [1.54, 1.807) is 0 Å². The van der Waals surface area contributed by atoms with E-state index in [9.17, 15) is 5.11 Å². The van der Waals surface area contributed by atoms with Crippen LogP contribution in [-0.4, -0.2) is 27.7 Å². The average Bonchev–Trinajstić information content (AvgIpc) is 2.92. The highest BCUT2D eigenvalue weighted by molar-refractivity contribution is 5.76. The molecule has 1 saturated heterocycles. The first-order chi connectivity index (χ1) is 8.93. The number of aliphatic hydroxyl groups excluding tert-OH is 1. The highest BCUT2D eigenvalue weighted by Crippen LogP contribution is 2.27. The van der Waals surface area contributed by atoms with Crippen LogP contribution in [0, 0.1) is 0 Å². The second-order valence-electron chi connectivity index (χ2n) is 6.45. The summed E-state index contributed by atoms with van der Waals surface area (Å²) >= 11 is 0. The summed E-state index contributed by atoms with van der Waals surface area (Å²) in [7, 11) is 0. The van der Waals surface area contributed by atoms with Gasteiger partial charge in [0, 0.05) is 6.54 Å². The summed E-state index contributed by atoms with van der Waals surface area (Å²) < 4.78 is 0. The van der Waals surface area contributed by atoms with Crippen LogP contribution in [0.3, 0.4) is 0 Å². The van der Waals surface area contributed by atoms with Crippen LogP contribution in [0.15, 0.2) is 18.2 Å². The van der Waals surface area contributed by atoms with Crippen molar-refractivity contribution in [3.63, 3.8) is 0 Å². The van der Waals surface area contributed by atoms with E-state index in [-0.39, 0.29) is 17.6 Å². The maximum Gasteiger partial charge on any atom is 0.124 e. The molecule has 1 aliphatic heterocycles. The molecule has 3 rings (SSSR count). The third kappa shape index (κ3) is 2.38. The monoisotopic (exact) mass is 259 g/mol. The van der Waals surface area contributed by atoms with E-state index >= 15 is 0 Å². The van der Waals surface area contributed by atoms with Gasteiger partial charge in [-0.1, -0.05) is 26.8 Å². The number of β-amino-alcohol motifs (C(OH)–C–C–N with tert-alkyl or cyclic N) is 1. The number of aliphatic hydroxyl groups is 1. The van der Waals surface area contributed by atoms with Crippen LogP contribution in [0.25, 0.3) is 11.0 Å². The zero-order valence-electron chi connectivity index (χ0n) is 11.7. The lowest BCUT2D eigenvalue weighted by Gasteiger charge is -2.18. The fraction of sp³-hybridized carbons (Fsp3) is 0.533. The molecule has 1 aromatic heterocycles. The molecule has 1 aromatic carbocycles. The second kappa shape index (κ2) is 4.32. The van der Waals surface area contributed by atoms with E-state index in [2.05, 4.69) is 54.3 Å². The molecule has 2 aromatic rings. The van der Waals surface area contributed by atoms with Gasteiger partial charge in [-0.3, -0.25) is 0 Å². The van der Waals surface area contributed by atoms with Gasteiger partial charge in [0.05, 0.1) is 23.2 Å². The van der Waals surface area contributed by atoms with Crippen LogP contribution in [0.5, 0.6) is 0 Å². The van der Waals surface area contributed by atoms with Gasteiger partial charge >= 0.3 is 0 Å². The first kappa shape index (κ1) is 12.6. The number of fused-ring (bicyclic) bond motifs is 1. The van der Waals surface area contributed by atoms with Crippen molar-refractivity contribution in [3.8, 4) is 0 Å². The van der Waals surface area contributed by atoms with E-state index in [4.69, 9.17) is 0 Å². The predicted octanol–water partition coefficient (Wildman–Crippen LogP) is 2.26. The van der Waals surface area contributed by atoms with Crippen molar-refractivity contribution in [2.45, 2.75) is 44.8 Å². The molecular weight excluding hydrogens is 238 g/mol. The molecule has 4 heteroatoms. The van der Waals surface area contributed by atoms with Crippen molar-refractivity contribution in [2.75, 3.05) is 6.54 Å². The van der Waals surface area contributed by atoms with Gasteiger partial charge in [0.1, 0.15) is 5.82 Å². The van der Waals surface area contributed by atoms with E-state index in [0.717, 1.165) is 23.3 Å². The first-order valence-electron chi connectivity index (χ1n) is 6.85. The van der Waals surface area contributed by atoms with Crippen LogP contribution >= 0.6 is 0 Å². The molecular formula is C15H21N3O. The maximum absolute atomic E-state index is 9.58. The number of aromatic amines is 1. The Balaban J connectivity index is 1.97. The van der Waals surface area contributed by atoms with Gasteiger partial charge in [0.25, 0.3) is 0 Å². The largest absolute Gasteiger partial charge is 0.392 e. The number of nitrogens with one attached hydrogen (secondary N) is 2. The Bertz CT molecular complexity index is 597. The van der Waals surface area contributed by atoms with E-state index in [1.165, 1.54) is 5.56 Å². The number of aromatic nitrogens is 2. The van der Waals surface area contributed by atoms with Crippen LogP contribution in [0.4, 0.5) is 0 Å². The fourth-order valence-corrected chi connectivity index (χ4v) is 2.58. The Morgan fingerprint density at radius 2 is 2.11 bits per heavy atom. The Kier molecular flexibility index (Phi) is 2.87. The molecule has 0 bridgehead atoms. The standard InChI is InChI=1S/C15H21N3O/c1-15(2,3)9-4-5-11-12(6-9)18-14(17-11)13-7-10(19)8-16-13/h4-6,10,13,16,19H,7-8H2,1-3H3,(H,17,18)/t10-,13+/m1/s1. The van der Waals surface area contributed by atoms with E-state index < -0.39 is 0 Å². The molecule has 0 unspecified atom stereocenters. The zero-order valence-corrected chi connectivity index (χ0v) is 11.7. The predicted molar refractivity (Wildman–Crippen MR) is 76.2 cm³/mol. The lowest BCUT2D eigenvalue weighted by molar-refractivity contribution is 0.193. The van der Waals surface area contributed by atoms with Gasteiger partial charge < -0.3 is 15.4 Å². The maximum atomic E-state index is 9.58. The number of nitrogens with zero attached hydrogens (tertiary/aromatic N) is 1. The van der Waals surface area contributed by atoms with Crippen molar-refractivity contribution in [2.24, 2.45) is 0 Å². The second-order valence-corrected chi connectivity index (χ2v) is 6.45. The zero-order chi connectivity index (χ0) is 13.6. The third-order valence-corrected chi connectivity index (χ3v) is 3.81. The Hall–Kier alpha value is -1.39. The average molecular weight is 259 g/mol. The van der Waals surface area contributed by atoms with Crippen molar-refractivity contribution >= 4 is 11.0 Å². The van der Waals surface area contributed by atoms with E-state index in [0.29, 0.717) is 6.54 Å². The molecule has 1 fully saturated rings. The number of H-pyrrole nitrogens is 1. The van der Waals surface area contributed by atoms with Crippen LogP contribution in [0.1, 0.15) is 44.6 Å². The molecule has 3 N–H and O–H groups in total. The van der Waals surface area contributed by atoms with Gasteiger partial charge in [-0.25, -0.2) is 4.98 Å². The minimum absolute atomic E-state index is 0.134. The van der Waals surface area contributed by atoms with Crippen LogP contribution in [0.2, 0.25) is 0 Å². The minimum Gasteiger partial charge on any atom is -0.392 e. The van der Waals surface area contributed by atoms with Gasteiger partial charge in [0.15, 0.2) is 0 Å². The van der Waals surface area contributed by atoms with Gasteiger partial charge in [-0.2, -0.15) is 0 Å². The Morgan fingerprint density at radius 3 is 2.74 bits per heavy atom. The first-order valence-corrected chi connectivity index (χ1v) is 6.85. The number of rotatable bonds is 1. The van der Waals surface area contributed by atoms with Gasteiger partial charge in [-0.15, -0.1) is 0 Å². The lowest BCUT2D eigenvalue weighted by atomic mass is 9.87. The lowest BCUT2D eigenvalue weighted by Crippen LogP contribution is -2.15. The van der Waals surface area contributed by atoms with Crippen molar-refractivity contribution in [1.82, 2.24) is 15.3 Å². The van der Waals surface area contributed by atoms with Gasteiger partial charge in [-0.05, 0) is 29.5 Å². The Labute approximate surface area is 113 Å². The summed E-state index contributed by atoms with van der Waals surface area (Å²) in [5.41, 5.74) is 3.49. The fourth-order valence-electron chi connectivity index (χ4n) is 2.58. The van der Waals surface area contributed by atoms with Crippen LogP contribution in [-0.2, 0) is 5.41 Å². The summed E-state index contributed by atoms with van der Waals surface area (Å²) in [4.78, 5) is 8.03. The minimum atomic E-state index is -0.261. The number of benzene rings is 1. The van der Waals surface area contributed by atoms with Crippen molar-refractivity contribution in [1.29, 1.82) is 0 Å². The molecule has 4 nitrogen and oxygen atoms in total. The van der Waals surface area contributed by atoms with Crippen molar-refractivity contribution < 1.29 is 5.11 Å². The molecule has 0 spiro atoms. The molecule has 1 aliphatic rings. The molecule has 102 valence electrons. The molecule has 0 amide bonds. The molecule has 0 saturated carbocycles. The quantitative estimate of drug-likeness (QED) is 0.736. The number of imidazole rings is 1. The summed E-state index contributed by atoms with van der Waals surface area (Å²) in [5.74, 6) is 0.928. The molecule has 19 heavy (non-hydrogen) atoms. The molecule has 0 aliphatic carbocycles. The van der Waals surface area contributed by atoms with E-state index in [1.807, 2.05) is 0 Å². The van der Waals surface area contributed by atoms with Gasteiger partial charge in [0.2, 0.25) is 0 Å². The third-order valence-electron chi connectivity index (χ3n) is 3.81. The highest BCUT2D eigenvalue weighted by Gasteiger charge is 2.26. The smallest absolute Gasteiger partial charge is 0.124 e.